The summed E-state index contributed by atoms with van der Waals surface area (Å²) in [6, 6.07) is 4.65. The fourth-order valence-electron chi connectivity index (χ4n) is 5.24. The second kappa shape index (κ2) is 6.57. The van der Waals surface area contributed by atoms with Gasteiger partial charge in [0.25, 0.3) is 0 Å². The molecule has 2 aromatic rings. The Bertz CT molecular complexity index is 951. The Morgan fingerprint density at radius 2 is 2.14 bits per heavy atom. The maximum Gasteiger partial charge on any atom is 0.357 e. The maximum absolute atomic E-state index is 13.8. The standard InChI is InChI=1S/C21H27FN4O2/c1-5-28-19(27)18-17(15-8-13(22)6-7-16(15)23-18)24-25-26-12-21(4)10-14(26)9-20(2,3)11-21/h6-8,14,23H,5,9-12H2,1-4H3/t14-,21+/m0/s1. The smallest absolute Gasteiger partial charge is 0.357 e. The Balaban J connectivity index is 1.70. The number of hydrogen-bond donors (Lipinski definition) is 1. The average molecular weight is 386 g/mol. The number of nitrogens with zero attached hydrogens (tertiary/aromatic N) is 3. The van der Waals surface area contributed by atoms with Crippen molar-refractivity contribution in [2.24, 2.45) is 21.2 Å². The Labute approximate surface area is 164 Å². The Hall–Kier alpha value is -2.44. The minimum Gasteiger partial charge on any atom is -0.461 e. The van der Waals surface area contributed by atoms with Gasteiger partial charge in [-0.05, 0) is 55.2 Å². The van der Waals surface area contributed by atoms with Crippen molar-refractivity contribution in [3.05, 3.63) is 29.7 Å². The molecule has 1 aliphatic heterocycles. The second-order valence-corrected chi connectivity index (χ2v) is 9.26. The first-order valence-corrected chi connectivity index (χ1v) is 9.86. The van der Waals surface area contributed by atoms with Crippen LogP contribution in [0.1, 0.15) is 57.4 Å². The minimum absolute atomic E-state index is 0.208. The molecule has 2 aliphatic rings. The third-order valence-electron chi connectivity index (χ3n) is 5.86. The van der Waals surface area contributed by atoms with Crippen LogP contribution in [0.4, 0.5) is 10.1 Å². The van der Waals surface area contributed by atoms with Crippen LogP contribution in [0, 0.1) is 16.6 Å². The van der Waals surface area contributed by atoms with Crippen LogP contribution in [0.5, 0.6) is 0 Å². The topological polar surface area (TPSA) is 70.0 Å². The van der Waals surface area contributed by atoms with Gasteiger partial charge in [-0.3, -0.25) is 5.01 Å². The fourth-order valence-corrected chi connectivity index (χ4v) is 5.24. The summed E-state index contributed by atoms with van der Waals surface area (Å²) in [5.41, 5.74) is 1.68. The van der Waals surface area contributed by atoms with Gasteiger partial charge in [-0.1, -0.05) is 26.0 Å². The summed E-state index contributed by atoms with van der Waals surface area (Å²) in [5.74, 6) is -0.897. The van der Waals surface area contributed by atoms with Crippen molar-refractivity contribution in [2.75, 3.05) is 13.2 Å². The zero-order valence-electron chi connectivity index (χ0n) is 16.9. The number of H-pyrrole nitrogens is 1. The van der Waals surface area contributed by atoms with Gasteiger partial charge in [0.2, 0.25) is 0 Å². The van der Waals surface area contributed by atoms with E-state index in [2.05, 4.69) is 36.1 Å². The van der Waals surface area contributed by atoms with Crippen molar-refractivity contribution in [3.63, 3.8) is 0 Å². The number of aromatic amines is 1. The number of halogens is 1. The zero-order valence-corrected chi connectivity index (χ0v) is 16.9. The van der Waals surface area contributed by atoms with E-state index in [4.69, 9.17) is 4.74 Å². The molecular weight excluding hydrogens is 359 g/mol. The van der Waals surface area contributed by atoms with Gasteiger partial charge < -0.3 is 9.72 Å². The van der Waals surface area contributed by atoms with Gasteiger partial charge in [-0.25, -0.2) is 9.18 Å². The van der Waals surface area contributed by atoms with E-state index in [1.54, 1.807) is 13.0 Å². The summed E-state index contributed by atoms with van der Waals surface area (Å²) in [6.07, 6.45) is 3.33. The van der Waals surface area contributed by atoms with Crippen molar-refractivity contribution in [2.45, 2.75) is 53.0 Å². The number of fused-ring (bicyclic) bond motifs is 3. The van der Waals surface area contributed by atoms with Gasteiger partial charge >= 0.3 is 5.97 Å². The van der Waals surface area contributed by atoms with Crippen LogP contribution in [0.25, 0.3) is 10.9 Å². The number of aromatic nitrogens is 1. The number of nitrogens with one attached hydrogen (secondary N) is 1. The summed E-state index contributed by atoms with van der Waals surface area (Å²) in [6.45, 7) is 9.76. The molecule has 150 valence electrons. The molecule has 0 radical (unpaired) electrons. The number of hydrogen-bond acceptors (Lipinski definition) is 4. The number of carbonyl (C=O) groups excluding carboxylic acids is 1. The minimum atomic E-state index is -0.513. The number of esters is 1. The lowest BCUT2D eigenvalue weighted by atomic mass is 9.65. The molecule has 1 aromatic heterocycles. The molecular formula is C21H27FN4O2. The first-order valence-electron chi connectivity index (χ1n) is 9.86. The molecule has 1 saturated carbocycles. The van der Waals surface area contributed by atoms with E-state index in [-0.39, 0.29) is 28.9 Å². The van der Waals surface area contributed by atoms with Gasteiger partial charge in [0.15, 0.2) is 5.69 Å². The summed E-state index contributed by atoms with van der Waals surface area (Å²) in [5, 5.41) is 11.5. The van der Waals surface area contributed by atoms with E-state index < -0.39 is 5.97 Å². The number of carbonyl (C=O) groups is 1. The second-order valence-electron chi connectivity index (χ2n) is 9.26. The quantitative estimate of drug-likeness (QED) is 0.566. The van der Waals surface area contributed by atoms with Crippen LogP contribution in [0.2, 0.25) is 0 Å². The van der Waals surface area contributed by atoms with E-state index in [0.29, 0.717) is 22.6 Å². The monoisotopic (exact) mass is 386 g/mol. The number of benzene rings is 1. The van der Waals surface area contributed by atoms with Crippen LogP contribution >= 0.6 is 0 Å². The molecule has 0 amide bonds. The summed E-state index contributed by atoms with van der Waals surface area (Å²) < 4.78 is 18.9. The predicted molar refractivity (Wildman–Crippen MR) is 105 cm³/mol. The fraction of sp³-hybridized carbons (Fsp3) is 0.571. The molecule has 1 aromatic carbocycles. The Morgan fingerprint density at radius 3 is 2.89 bits per heavy atom. The third kappa shape index (κ3) is 3.38. The molecule has 28 heavy (non-hydrogen) atoms. The molecule has 2 bridgehead atoms. The van der Waals surface area contributed by atoms with Crippen molar-refractivity contribution in [3.8, 4) is 0 Å². The van der Waals surface area contributed by atoms with Gasteiger partial charge in [-0.15, -0.1) is 5.11 Å². The summed E-state index contributed by atoms with van der Waals surface area (Å²) in [7, 11) is 0. The highest BCUT2D eigenvalue weighted by molar-refractivity contribution is 6.04. The van der Waals surface area contributed by atoms with Crippen molar-refractivity contribution in [1.29, 1.82) is 0 Å². The van der Waals surface area contributed by atoms with Crippen LogP contribution in [-0.2, 0) is 4.74 Å². The molecule has 2 fully saturated rings. The van der Waals surface area contributed by atoms with Gasteiger partial charge in [0, 0.05) is 23.5 Å². The van der Waals surface area contributed by atoms with Gasteiger partial charge in [-0.2, -0.15) is 0 Å². The van der Waals surface area contributed by atoms with Gasteiger partial charge in [0.1, 0.15) is 11.5 Å². The maximum atomic E-state index is 13.8. The Kier molecular flexibility index (Phi) is 4.43. The van der Waals surface area contributed by atoms with Crippen LogP contribution < -0.4 is 0 Å². The molecule has 1 saturated heterocycles. The van der Waals surface area contributed by atoms with Crippen molar-refractivity contribution in [1.82, 2.24) is 9.99 Å². The van der Waals surface area contributed by atoms with E-state index in [0.717, 1.165) is 25.8 Å². The molecule has 6 nitrogen and oxygen atoms in total. The first-order chi connectivity index (χ1) is 13.2. The number of rotatable bonds is 4. The van der Waals surface area contributed by atoms with Crippen molar-refractivity contribution >= 4 is 22.6 Å². The highest BCUT2D eigenvalue weighted by Crippen LogP contribution is 2.52. The molecule has 1 aliphatic carbocycles. The zero-order chi connectivity index (χ0) is 20.1. The highest BCUT2D eigenvalue weighted by Gasteiger charge is 2.49. The molecule has 0 spiro atoms. The van der Waals surface area contributed by atoms with E-state index >= 15 is 0 Å². The lowest BCUT2D eigenvalue weighted by molar-refractivity contribution is 0.0521. The first kappa shape index (κ1) is 18.9. The van der Waals surface area contributed by atoms with E-state index in [9.17, 15) is 9.18 Å². The normalized spacial score (nSPS) is 26.3. The number of ether oxygens (including phenoxy) is 1. The predicted octanol–water partition coefficient (Wildman–Crippen LogP) is 5.38. The molecule has 2 atom stereocenters. The van der Waals surface area contributed by atoms with E-state index in [1.807, 2.05) is 5.01 Å². The van der Waals surface area contributed by atoms with Crippen molar-refractivity contribution < 1.29 is 13.9 Å². The van der Waals surface area contributed by atoms with Crippen LogP contribution in [-0.4, -0.2) is 35.2 Å². The molecule has 7 heteroatoms. The van der Waals surface area contributed by atoms with E-state index in [1.165, 1.54) is 12.1 Å². The molecule has 2 heterocycles. The molecule has 1 N–H and O–H groups in total. The Morgan fingerprint density at radius 1 is 1.36 bits per heavy atom. The van der Waals surface area contributed by atoms with Crippen LogP contribution in [0.15, 0.2) is 28.5 Å². The highest BCUT2D eigenvalue weighted by atomic mass is 19.1. The van der Waals surface area contributed by atoms with Crippen LogP contribution in [0.3, 0.4) is 0 Å². The summed E-state index contributed by atoms with van der Waals surface area (Å²) in [4.78, 5) is 15.4. The lowest BCUT2D eigenvalue weighted by Gasteiger charge is -2.39. The average Bonchev–Trinajstić information content (AvgIpc) is 3.06. The SMILES string of the molecule is CCOC(=O)c1[nH]c2ccc(F)cc2c1N=NN1C[C@]2(C)C[C@@H]1CC(C)(C)C2. The largest absolute Gasteiger partial charge is 0.461 e. The molecule has 4 rings (SSSR count). The summed E-state index contributed by atoms with van der Waals surface area (Å²) >= 11 is 0. The third-order valence-corrected chi connectivity index (χ3v) is 5.86. The molecule has 0 unspecified atom stereocenters. The van der Waals surface area contributed by atoms with Gasteiger partial charge in [0.05, 0.1) is 6.61 Å². The lowest BCUT2D eigenvalue weighted by Crippen LogP contribution is -2.33.